The Balaban J connectivity index is 1.51. The Labute approximate surface area is 204 Å². The summed E-state index contributed by atoms with van der Waals surface area (Å²) < 4.78 is 3.23. The van der Waals surface area contributed by atoms with Crippen LogP contribution in [0, 0.1) is 13.8 Å². The second-order valence-corrected chi connectivity index (χ2v) is 9.15. The predicted octanol–water partition coefficient (Wildman–Crippen LogP) is 5.13. The highest BCUT2D eigenvalue weighted by molar-refractivity contribution is 6.00. The van der Waals surface area contributed by atoms with Crippen molar-refractivity contribution in [3.63, 3.8) is 0 Å². The topological polar surface area (TPSA) is 81.3 Å². The Kier molecular flexibility index (Phi) is 6.31. The number of nitrogens with one attached hydrogen (secondary N) is 1. The monoisotopic (exact) mass is 467 g/mol. The van der Waals surface area contributed by atoms with Gasteiger partial charge in [0.2, 0.25) is 0 Å². The molecular weight excluding hydrogens is 438 g/mol. The van der Waals surface area contributed by atoms with Gasteiger partial charge in [-0.25, -0.2) is 4.98 Å². The number of nitrogens with zero attached hydrogens (tertiary/aromatic N) is 4. The number of benzene rings is 2. The van der Waals surface area contributed by atoms with Crippen LogP contribution >= 0.6 is 0 Å². The van der Waals surface area contributed by atoms with Gasteiger partial charge in [0.05, 0.1) is 17.1 Å². The highest BCUT2D eigenvalue weighted by Crippen LogP contribution is 2.31. The lowest BCUT2D eigenvalue weighted by Crippen LogP contribution is -2.25. The molecule has 1 saturated carbocycles. The van der Waals surface area contributed by atoms with Crippen LogP contribution in [0.3, 0.4) is 0 Å². The van der Waals surface area contributed by atoms with E-state index in [1.807, 2.05) is 56.3 Å². The van der Waals surface area contributed by atoms with Crippen molar-refractivity contribution >= 4 is 23.0 Å². The first-order valence-corrected chi connectivity index (χ1v) is 12.1. The first-order valence-electron chi connectivity index (χ1n) is 12.1. The average molecular weight is 468 g/mol. The molecule has 0 radical (unpaired) electrons. The summed E-state index contributed by atoms with van der Waals surface area (Å²) in [6.45, 7) is 3.84. The largest absolute Gasteiger partial charge is 0.282 e. The van der Waals surface area contributed by atoms with Gasteiger partial charge in [0, 0.05) is 28.4 Å². The highest BCUT2D eigenvalue weighted by Gasteiger charge is 2.22. The number of carbonyl (C=O) groups is 1. The normalized spacial score (nSPS) is 14.6. The van der Waals surface area contributed by atoms with Crippen molar-refractivity contribution in [1.29, 1.82) is 0 Å². The molecule has 7 nitrogen and oxygen atoms in total. The molecule has 2 aromatic heterocycles. The molecule has 35 heavy (non-hydrogen) atoms. The lowest BCUT2D eigenvalue weighted by Gasteiger charge is -2.22. The Morgan fingerprint density at radius 1 is 1.03 bits per heavy atom. The van der Waals surface area contributed by atoms with E-state index in [1.165, 1.54) is 11.1 Å². The molecule has 5 rings (SSSR count). The fourth-order valence-corrected chi connectivity index (χ4v) is 4.84. The number of hydrogen-bond donors (Lipinski definition) is 1. The van der Waals surface area contributed by atoms with Crippen molar-refractivity contribution in [2.24, 2.45) is 5.10 Å². The summed E-state index contributed by atoms with van der Waals surface area (Å²) in [6.07, 6.45) is 7.22. The van der Waals surface area contributed by atoms with Gasteiger partial charge >= 0.3 is 0 Å². The minimum Gasteiger partial charge on any atom is -0.267 e. The maximum atomic E-state index is 13.4. The molecule has 2 aromatic carbocycles. The molecule has 0 atom stereocenters. The molecule has 4 aromatic rings. The van der Waals surface area contributed by atoms with Gasteiger partial charge in [-0.3, -0.25) is 19.7 Å². The van der Waals surface area contributed by atoms with Gasteiger partial charge in [-0.1, -0.05) is 49.6 Å². The number of hydrogen-bond acceptors (Lipinski definition) is 4. The molecule has 178 valence electrons. The lowest BCUT2D eigenvalue weighted by molar-refractivity contribution is 0.101. The standard InChI is InChI=1S/C28H29N5O2/c1-19-17-23(20(2)32(19)31-27(34)22-13-7-4-8-14-22)18-29-33-26(21-11-5-3-6-12-21)30-25-16-10-9-15-24(25)28(33)35/h4,7-10,13-18,21H,3,5-6,11-12H2,1-2H3,(H,31,34). The first-order chi connectivity index (χ1) is 17.0. The predicted molar refractivity (Wildman–Crippen MR) is 139 cm³/mol. The van der Waals surface area contributed by atoms with E-state index in [9.17, 15) is 9.59 Å². The highest BCUT2D eigenvalue weighted by atomic mass is 16.2. The van der Waals surface area contributed by atoms with Gasteiger partial charge in [-0.2, -0.15) is 9.78 Å². The Bertz CT molecular complexity index is 1460. The third kappa shape index (κ3) is 4.54. The summed E-state index contributed by atoms with van der Waals surface area (Å²) in [6, 6.07) is 18.5. The molecule has 1 amide bonds. The van der Waals surface area contributed by atoms with Gasteiger partial charge < -0.3 is 0 Å². The minimum atomic E-state index is -0.189. The lowest BCUT2D eigenvalue weighted by atomic mass is 9.88. The minimum absolute atomic E-state index is 0.154. The van der Waals surface area contributed by atoms with Crippen LogP contribution in [0.5, 0.6) is 0 Å². The van der Waals surface area contributed by atoms with E-state index in [2.05, 4.69) is 10.5 Å². The van der Waals surface area contributed by atoms with Gasteiger partial charge in [-0.15, -0.1) is 0 Å². The quantitative estimate of drug-likeness (QED) is 0.413. The summed E-state index contributed by atoms with van der Waals surface area (Å²) in [7, 11) is 0. The number of carbonyl (C=O) groups excluding carboxylic acids is 1. The van der Waals surface area contributed by atoms with Crippen LogP contribution in [-0.2, 0) is 0 Å². The van der Waals surface area contributed by atoms with Crippen molar-refractivity contribution in [3.8, 4) is 0 Å². The Morgan fingerprint density at radius 2 is 1.74 bits per heavy atom. The number of aryl methyl sites for hydroxylation is 1. The van der Waals surface area contributed by atoms with E-state index in [-0.39, 0.29) is 17.4 Å². The SMILES string of the molecule is Cc1cc(C=Nn2c(C3CCCCC3)nc3ccccc3c2=O)c(C)n1NC(=O)c1ccccc1. The fraction of sp³-hybridized carbons (Fsp3) is 0.286. The van der Waals surface area contributed by atoms with Crippen molar-refractivity contribution in [3.05, 3.63) is 99.4 Å². The maximum absolute atomic E-state index is 13.4. The van der Waals surface area contributed by atoms with E-state index >= 15 is 0 Å². The smallest absolute Gasteiger partial charge is 0.267 e. The van der Waals surface area contributed by atoms with Crippen LogP contribution in [0.2, 0.25) is 0 Å². The molecule has 1 N–H and O–H groups in total. The number of para-hydroxylation sites is 1. The summed E-state index contributed by atoms with van der Waals surface area (Å²) in [5.74, 6) is 0.761. The van der Waals surface area contributed by atoms with E-state index in [0.29, 0.717) is 16.5 Å². The molecular formula is C28H29N5O2. The van der Waals surface area contributed by atoms with Gasteiger partial charge in [0.25, 0.3) is 11.5 Å². The molecule has 1 fully saturated rings. The van der Waals surface area contributed by atoms with Crippen LogP contribution in [0.25, 0.3) is 10.9 Å². The van der Waals surface area contributed by atoms with Gasteiger partial charge in [0.15, 0.2) is 0 Å². The zero-order chi connectivity index (χ0) is 24.4. The van der Waals surface area contributed by atoms with Crippen molar-refractivity contribution < 1.29 is 4.79 Å². The van der Waals surface area contributed by atoms with Crippen molar-refractivity contribution in [2.45, 2.75) is 51.9 Å². The van der Waals surface area contributed by atoms with Crippen molar-refractivity contribution in [1.82, 2.24) is 14.3 Å². The van der Waals surface area contributed by atoms with Crippen LogP contribution in [0.15, 0.2) is 70.6 Å². The Morgan fingerprint density at radius 3 is 2.51 bits per heavy atom. The molecule has 0 unspecified atom stereocenters. The summed E-state index contributed by atoms with van der Waals surface area (Å²) in [4.78, 5) is 31.0. The molecule has 0 saturated heterocycles. The van der Waals surface area contributed by atoms with Crippen LogP contribution in [0.1, 0.15) is 71.2 Å². The molecule has 7 heteroatoms. The van der Waals surface area contributed by atoms with E-state index in [1.54, 1.807) is 29.1 Å². The second-order valence-electron chi connectivity index (χ2n) is 9.15. The molecule has 1 aliphatic carbocycles. The molecule has 0 aliphatic heterocycles. The average Bonchev–Trinajstić information content (AvgIpc) is 3.16. The summed E-state index contributed by atoms with van der Waals surface area (Å²) >= 11 is 0. The van der Waals surface area contributed by atoms with Crippen molar-refractivity contribution in [2.75, 3.05) is 5.43 Å². The van der Waals surface area contributed by atoms with E-state index in [4.69, 9.17) is 4.98 Å². The third-order valence-corrected chi connectivity index (χ3v) is 6.78. The number of fused-ring (bicyclic) bond motifs is 1. The number of amides is 1. The number of aromatic nitrogens is 3. The molecule has 0 bridgehead atoms. The molecule has 2 heterocycles. The van der Waals surface area contributed by atoms with Gasteiger partial charge in [-0.05, 0) is 57.0 Å². The third-order valence-electron chi connectivity index (χ3n) is 6.78. The second kappa shape index (κ2) is 9.70. The molecule has 0 spiro atoms. The first kappa shape index (κ1) is 22.8. The summed E-state index contributed by atoms with van der Waals surface area (Å²) in [5, 5.41) is 5.20. The zero-order valence-electron chi connectivity index (χ0n) is 20.1. The maximum Gasteiger partial charge on any atom is 0.282 e. The summed E-state index contributed by atoms with van der Waals surface area (Å²) in [5.41, 5.74) is 6.61. The Hall–Kier alpha value is -4.00. The number of rotatable bonds is 5. The van der Waals surface area contributed by atoms with Crippen LogP contribution < -0.4 is 11.0 Å². The van der Waals surface area contributed by atoms with E-state index < -0.39 is 0 Å². The van der Waals surface area contributed by atoms with Crippen LogP contribution in [0.4, 0.5) is 0 Å². The van der Waals surface area contributed by atoms with Gasteiger partial charge in [0.1, 0.15) is 5.82 Å². The van der Waals surface area contributed by atoms with Crippen LogP contribution in [-0.4, -0.2) is 26.5 Å². The fourth-order valence-electron chi connectivity index (χ4n) is 4.84. The van der Waals surface area contributed by atoms with E-state index in [0.717, 1.165) is 48.5 Å². The molecule has 1 aliphatic rings. The zero-order valence-corrected chi connectivity index (χ0v) is 20.1.